The number of hydrogen-bond donors (Lipinski definition) is 0. The molecule has 1 heterocycles. The second-order valence-electron chi connectivity index (χ2n) is 8.53. The summed E-state index contributed by atoms with van der Waals surface area (Å²) >= 11 is 0. The summed E-state index contributed by atoms with van der Waals surface area (Å²) in [5.41, 5.74) is -0.521. The molecule has 0 radical (unpaired) electrons. The van der Waals surface area contributed by atoms with Gasteiger partial charge in [0.2, 0.25) is 11.7 Å². The van der Waals surface area contributed by atoms with E-state index in [0.29, 0.717) is 24.3 Å². The molecule has 166 valence electrons. The first-order chi connectivity index (χ1) is 14.3. The van der Waals surface area contributed by atoms with Crippen LogP contribution < -0.4 is 4.74 Å². The predicted octanol–water partition coefficient (Wildman–Crippen LogP) is 7.25. The minimum Gasteiger partial charge on any atom is -0.493 e. The third-order valence-electron chi connectivity index (χ3n) is 6.17. The van der Waals surface area contributed by atoms with Crippen LogP contribution in [0, 0.1) is 11.8 Å². The van der Waals surface area contributed by atoms with Gasteiger partial charge in [0.25, 0.3) is 0 Å². The fourth-order valence-electron chi connectivity index (χ4n) is 4.06. The second kappa shape index (κ2) is 9.84. The maximum absolute atomic E-state index is 13.7. The zero-order chi connectivity index (χ0) is 21.7. The highest BCUT2D eigenvalue weighted by atomic mass is 19.4. The van der Waals surface area contributed by atoms with Crippen molar-refractivity contribution in [1.29, 1.82) is 0 Å². The van der Waals surface area contributed by atoms with Gasteiger partial charge in [-0.05, 0) is 42.9 Å². The van der Waals surface area contributed by atoms with E-state index in [4.69, 9.17) is 9.26 Å². The van der Waals surface area contributed by atoms with Crippen LogP contribution in [-0.4, -0.2) is 16.7 Å². The summed E-state index contributed by atoms with van der Waals surface area (Å²) in [6.07, 6.45) is 3.01. The molecule has 3 rings (SSSR count). The van der Waals surface area contributed by atoms with Gasteiger partial charge in [-0.3, -0.25) is 0 Å². The van der Waals surface area contributed by atoms with E-state index in [1.165, 1.54) is 12.5 Å². The Balaban J connectivity index is 1.79. The molecule has 0 saturated heterocycles. The fourth-order valence-corrected chi connectivity index (χ4v) is 4.06. The molecule has 0 spiro atoms. The third-order valence-corrected chi connectivity index (χ3v) is 6.17. The van der Waals surface area contributed by atoms with Gasteiger partial charge in [0.1, 0.15) is 5.75 Å². The van der Waals surface area contributed by atoms with Crippen molar-refractivity contribution in [3.05, 3.63) is 29.7 Å². The van der Waals surface area contributed by atoms with Crippen molar-refractivity contribution in [3.63, 3.8) is 0 Å². The lowest BCUT2D eigenvalue weighted by atomic mass is 9.90. The van der Waals surface area contributed by atoms with Crippen LogP contribution in [0.25, 0.3) is 11.4 Å². The molecule has 1 aromatic heterocycles. The van der Waals surface area contributed by atoms with Crippen LogP contribution in [-0.2, 0) is 6.18 Å². The van der Waals surface area contributed by atoms with E-state index in [0.717, 1.165) is 44.6 Å². The Kier molecular flexibility index (Phi) is 7.42. The van der Waals surface area contributed by atoms with E-state index >= 15 is 0 Å². The highest BCUT2D eigenvalue weighted by Crippen LogP contribution is 2.39. The van der Waals surface area contributed by atoms with Gasteiger partial charge >= 0.3 is 6.18 Å². The first kappa shape index (κ1) is 22.6. The van der Waals surface area contributed by atoms with Crippen molar-refractivity contribution in [2.75, 3.05) is 6.61 Å². The summed E-state index contributed by atoms with van der Waals surface area (Å²) in [7, 11) is 0. The number of ether oxygens (including phenoxy) is 1. The highest BCUT2D eigenvalue weighted by Gasteiger charge is 2.35. The van der Waals surface area contributed by atoms with Crippen molar-refractivity contribution in [3.8, 4) is 17.1 Å². The van der Waals surface area contributed by atoms with E-state index in [1.54, 1.807) is 6.07 Å². The average molecular weight is 425 g/mol. The standard InChI is InChI=1S/C23H31F3N2O2/c1-4-8-15(2)16(3)22-27-21(28-30-22)18-11-12-20(19(13-18)23(24,25)26)29-14-17-9-6-5-7-10-17/h11-13,15-17H,4-10,14H2,1-3H3/t15-,16-/m0/s1. The number of aromatic nitrogens is 2. The van der Waals surface area contributed by atoms with Crippen LogP contribution >= 0.6 is 0 Å². The number of nitrogens with zero attached hydrogens (tertiary/aromatic N) is 2. The van der Waals surface area contributed by atoms with Crippen LogP contribution in [0.4, 0.5) is 13.2 Å². The molecule has 2 aromatic rings. The lowest BCUT2D eigenvalue weighted by Gasteiger charge is -2.23. The fraction of sp³-hybridized carbons (Fsp3) is 0.652. The molecule has 30 heavy (non-hydrogen) atoms. The van der Waals surface area contributed by atoms with Crippen LogP contribution in [0.5, 0.6) is 5.75 Å². The number of halogens is 3. The first-order valence-electron chi connectivity index (χ1n) is 11.0. The lowest BCUT2D eigenvalue weighted by Crippen LogP contribution is -2.17. The predicted molar refractivity (Wildman–Crippen MR) is 109 cm³/mol. The number of hydrogen-bond acceptors (Lipinski definition) is 4. The van der Waals surface area contributed by atoms with Gasteiger partial charge in [0.05, 0.1) is 12.2 Å². The van der Waals surface area contributed by atoms with Crippen molar-refractivity contribution in [2.24, 2.45) is 11.8 Å². The molecule has 1 aromatic carbocycles. The van der Waals surface area contributed by atoms with Gasteiger partial charge in [-0.1, -0.05) is 58.0 Å². The molecule has 2 atom stereocenters. The summed E-state index contributed by atoms with van der Waals surface area (Å²) in [5.74, 6) is 1.22. The molecule has 0 aliphatic heterocycles. The van der Waals surface area contributed by atoms with Crippen molar-refractivity contribution in [1.82, 2.24) is 10.1 Å². The van der Waals surface area contributed by atoms with Crippen molar-refractivity contribution in [2.45, 2.75) is 77.8 Å². The van der Waals surface area contributed by atoms with Gasteiger partial charge in [-0.2, -0.15) is 18.2 Å². The van der Waals surface area contributed by atoms with Gasteiger partial charge in [0.15, 0.2) is 0 Å². The molecule has 1 fully saturated rings. The summed E-state index contributed by atoms with van der Waals surface area (Å²) in [6.45, 7) is 6.54. The lowest BCUT2D eigenvalue weighted by molar-refractivity contribution is -0.139. The van der Waals surface area contributed by atoms with E-state index < -0.39 is 11.7 Å². The van der Waals surface area contributed by atoms with Gasteiger partial charge in [-0.25, -0.2) is 0 Å². The van der Waals surface area contributed by atoms with Crippen molar-refractivity contribution >= 4 is 0 Å². The Morgan fingerprint density at radius 3 is 2.57 bits per heavy atom. The Bertz CT molecular complexity index is 813. The minimum atomic E-state index is -4.52. The molecule has 1 saturated carbocycles. The Hall–Kier alpha value is -2.05. The normalized spacial score (nSPS) is 17.7. The van der Waals surface area contributed by atoms with Gasteiger partial charge in [0, 0.05) is 11.5 Å². The summed E-state index contributed by atoms with van der Waals surface area (Å²) in [4.78, 5) is 4.37. The largest absolute Gasteiger partial charge is 0.493 e. The Labute approximate surface area is 176 Å². The SMILES string of the molecule is CCC[C@H](C)[C@H](C)c1nc(-c2ccc(OCC3CCCCC3)c(C(F)(F)F)c2)no1. The molecule has 0 unspecified atom stereocenters. The minimum absolute atomic E-state index is 0.0476. The van der Waals surface area contributed by atoms with Gasteiger partial charge < -0.3 is 9.26 Å². The van der Waals surface area contributed by atoms with Crippen molar-refractivity contribution < 1.29 is 22.4 Å². The van der Waals surface area contributed by atoms with Crippen LogP contribution in [0.1, 0.15) is 83.1 Å². The van der Waals surface area contributed by atoms with E-state index in [1.807, 2.05) is 6.92 Å². The zero-order valence-electron chi connectivity index (χ0n) is 18.0. The Morgan fingerprint density at radius 2 is 1.90 bits per heavy atom. The maximum Gasteiger partial charge on any atom is 0.419 e. The highest BCUT2D eigenvalue weighted by molar-refractivity contribution is 5.59. The monoisotopic (exact) mass is 424 g/mol. The molecule has 0 amide bonds. The van der Waals surface area contributed by atoms with E-state index in [2.05, 4.69) is 24.0 Å². The second-order valence-corrected chi connectivity index (χ2v) is 8.53. The van der Waals surface area contributed by atoms with E-state index in [9.17, 15) is 13.2 Å². The smallest absolute Gasteiger partial charge is 0.419 e. The zero-order valence-corrected chi connectivity index (χ0v) is 18.0. The van der Waals surface area contributed by atoms with Crippen LogP contribution in [0.3, 0.4) is 0 Å². The maximum atomic E-state index is 13.7. The molecule has 4 nitrogen and oxygen atoms in total. The van der Waals surface area contributed by atoms with Gasteiger partial charge in [-0.15, -0.1) is 0 Å². The third kappa shape index (κ3) is 5.55. The van der Waals surface area contributed by atoms with Crippen LogP contribution in [0.2, 0.25) is 0 Å². The quantitative estimate of drug-likeness (QED) is 0.448. The molecule has 0 bridgehead atoms. The molecular formula is C23H31F3N2O2. The van der Waals surface area contributed by atoms with E-state index in [-0.39, 0.29) is 23.1 Å². The molecule has 1 aliphatic carbocycles. The number of benzene rings is 1. The molecule has 1 aliphatic rings. The number of alkyl halides is 3. The average Bonchev–Trinajstić information content (AvgIpc) is 3.22. The molecular weight excluding hydrogens is 393 g/mol. The molecule has 7 heteroatoms. The summed E-state index contributed by atoms with van der Waals surface area (Å²) in [5, 5.41) is 3.93. The molecule has 0 N–H and O–H groups in total. The van der Waals surface area contributed by atoms with Crippen LogP contribution in [0.15, 0.2) is 22.7 Å². The topological polar surface area (TPSA) is 48.2 Å². The summed E-state index contributed by atoms with van der Waals surface area (Å²) < 4.78 is 52.0. The number of rotatable bonds is 8. The summed E-state index contributed by atoms with van der Waals surface area (Å²) in [6, 6.07) is 4.01. The first-order valence-corrected chi connectivity index (χ1v) is 11.0. The Morgan fingerprint density at radius 1 is 1.17 bits per heavy atom.